The number of sulfonamides is 1. The van der Waals surface area contributed by atoms with Crippen LogP contribution in [-0.4, -0.2) is 25.8 Å². The Morgan fingerprint density at radius 2 is 1.90 bits per heavy atom. The lowest BCUT2D eigenvalue weighted by Crippen LogP contribution is -2.28. The molecule has 1 aromatic rings. The molecule has 0 aliphatic carbocycles. The van der Waals surface area contributed by atoms with Crippen LogP contribution in [0.3, 0.4) is 0 Å². The molecule has 0 radical (unpaired) electrons. The number of hydrogen-bond acceptors (Lipinski definition) is 2. The largest absolute Gasteiger partial charge is 0.243 e. The zero-order valence-corrected chi connectivity index (χ0v) is 13.6. The molecule has 114 valence electrons. The second-order valence-corrected chi connectivity index (χ2v) is 7.83. The first-order valence-corrected chi connectivity index (χ1v) is 8.77. The van der Waals surface area contributed by atoms with Gasteiger partial charge in [0.25, 0.3) is 0 Å². The zero-order valence-electron chi connectivity index (χ0n) is 12.7. The van der Waals surface area contributed by atoms with Crippen LogP contribution in [0.25, 0.3) is 0 Å². The quantitative estimate of drug-likeness (QED) is 0.833. The molecule has 4 heteroatoms. The van der Waals surface area contributed by atoms with Gasteiger partial charge in [-0.1, -0.05) is 44.7 Å². The summed E-state index contributed by atoms with van der Waals surface area (Å²) in [6.07, 6.45) is 4.23. The fourth-order valence-corrected chi connectivity index (χ4v) is 3.82. The zero-order chi connectivity index (χ0) is 15.5. The van der Waals surface area contributed by atoms with E-state index in [9.17, 15) is 8.42 Å². The van der Waals surface area contributed by atoms with Crippen molar-refractivity contribution < 1.29 is 8.42 Å². The molecule has 0 amide bonds. The van der Waals surface area contributed by atoms with Gasteiger partial charge in [0.1, 0.15) is 0 Å². The third kappa shape index (κ3) is 3.83. The van der Waals surface area contributed by atoms with Crippen molar-refractivity contribution in [3.63, 3.8) is 0 Å². The van der Waals surface area contributed by atoms with Crippen LogP contribution < -0.4 is 0 Å². The molecule has 0 bridgehead atoms. The fourth-order valence-electron chi connectivity index (χ4n) is 2.38. The summed E-state index contributed by atoms with van der Waals surface area (Å²) in [5.74, 6) is 0.653. The number of benzene rings is 1. The standard InChI is InChI=1S/C17H23NO2S/c1-14(2)8-7-9-16-13-18(12-15(16)3)21(19,20)17-10-5-4-6-11-17/h4-6,9-11,14H,3,7-8,12-13H2,1-2H3/b16-9+. The smallest absolute Gasteiger partial charge is 0.207 e. The van der Waals surface area contributed by atoms with Gasteiger partial charge in [-0.3, -0.25) is 0 Å². The molecule has 0 spiro atoms. The van der Waals surface area contributed by atoms with E-state index in [2.05, 4.69) is 26.5 Å². The Bertz CT molecular complexity index is 630. The van der Waals surface area contributed by atoms with Gasteiger partial charge in [-0.15, -0.1) is 0 Å². The molecular weight excluding hydrogens is 282 g/mol. The molecule has 1 saturated heterocycles. The van der Waals surface area contributed by atoms with Crippen LogP contribution in [0.2, 0.25) is 0 Å². The van der Waals surface area contributed by atoms with Crippen molar-refractivity contribution in [1.29, 1.82) is 0 Å². The van der Waals surface area contributed by atoms with Crippen LogP contribution in [0.15, 0.2) is 59.0 Å². The van der Waals surface area contributed by atoms with Gasteiger partial charge in [0.15, 0.2) is 0 Å². The maximum absolute atomic E-state index is 12.6. The van der Waals surface area contributed by atoms with E-state index in [4.69, 9.17) is 0 Å². The highest BCUT2D eigenvalue weighted by molar-refractivity contribution is 7.89. The van der Waals surface area contributed by atoms with Gasteiger partial charge in [0.2, 0.25) is 10.0 Å². The molecule has 1 aliphatic rings. The van der Waals surface area contributed by atoms with Crippen LogP contribution in [0, 0.1) is 5.92 Å². The Labute approximate surface area is 128 Å². The summed E-state index contributed by atoms with van der Waals surface area (Å²) in [5.41, 5.74) is 1.98. The highest BCUT2D eigenvalue weighted by atomic mass is 32.2. The van der Waals surface area contributed by atoms with E-state index >= 15 is 0 Å². The maximum atomic E-state index is 12.6. The van der Waals surface area contributed by atoms with Gasteiger partial charge in [0, 0.05) is 13.1 Å². The van der Waals surface area contributed by atoms with Gasteiger partial charge in [-0.05, 0) is 42.0 Å². The Kier molecular flexibility index (Phi) is 5.01. The molecule has 3 nitrogen and oxygen atoms in total. The lowest BCUT2D eigenvalue weighted by molar-refractivity contribution is 0.489. The Hall–Kier alpha value is -1.39. The second-order valence-electron chi connectivity index (χ2n) is 5.89. The molecule has 21 heavy (non-hydrogen) atoms. The number of nitrogens with zero attached hydrogens (tertiary/aromatic N) is 1. The first-order chi connectivity index (χ1) is 9.91. The van der Waals surface area contributed by atoms with Gasteiger partial charge in [-0.2, -0.15) is 4.31 Å². The summed E-state index contributed by atoms with van der Waals surface area (Å²) >= 11 is 0. The summed E-state index contributed by atoms with van der Waals surface area (Å²) in [7, 11) is -3.41. The van der Waals surface area contributed by atoms with E-state index < -0.39 is 10.0 Å². The van der Waals surface area contributed by atoms with Crippen molar-refractivity contribution in [2.75, 3.05) is 13.1 Å². The molecule has 0 atom stereocenters. The molecule has 1 heterocycles. The van der Waals surface area contributed by atoms with Crippen molar-refractivity contribution >= 4 is 10.0 Å². The van der Waals surface area contributed by atoms with Crippen molar-refractivity contribution in [3.8, 4) is 0 Å². The predicted octanol–water partition coefficient (Wildman–Crippen LogP) is 3.61. The van der Waals surface area contributed by atoms with E-state index in [0.29, 0.717) is 23.9 Å². The molecular formula is C17H23NO2S. The summed E-state index contributed by atoms with van der Waals surface area (Å²) in [6.45, 7) is 9.23. The predicted molar refractivity (Wildman–Crippen MR) is 86.5 cm³/mol. The van der Waals surface area contributed by atoms with Gasteiger partial charge in [0.05, 0.1) is 4.90 Å². The highest BCUT2D eigenvalue weighted by Gasteiger charge is 2.31. The van der Waals surface area contributed by atoms with E-state index in [1.807, 2.05) is 6.07 Å². The average Bonchev–Trinajstić information content (AvgIpc) is 2.82. The lowest BCUT2D eigenvalue weighted by Gasteiger charge is -2.14. The fraction of sp³-hybridized carbons (Fsp3) is 0.412. The Morgan fingerprint density at radius 3 is 2.52 bits per heavy atom. The molecule has 1 aliphatic heterocycles. The van der Waals surface area contributed by atoms with Crippen LogP contribution in [0.4, 0.5) is 0 Å². The normalized spacial score (nSPS) is 18.8. The van der Waals surface area contributed by atoms with Crippen LogP contribution in [0.5, 0.6) is 0 Å². The Balaban J connectivity index is 2.12. The molecule has 0 saturated carbocycles. The summed E-state index contributed by atoms with van der Waals surface area (Å²) in [6, 6.07) is 8.59. The molecule has 0 N–H and O–H groups in total. The third-order valence-electron chi connectivity index (χ3n) is 3.68. The van der Waals surface area contributed by atoms with E-state index in [0.717, 1.165) is 24.0 Å². The van der Waals surface area contributed by atoms with Crippen molar-refractivity contribution in [2.24, 2.45) is 5.92 Å². The first-order valence-electron chi connectivity index (χ1n) is 7.33. The molecule has 1 aromatic carbocycles. The SMILES string of the molecule is C=C1CN(S(=O)(=O)c2ccccc2)C/C1=C\CCC(C)C. The number of rotatable bonds is 5. The third-order valence-corrected chi connectivity index (χ3v) is 5.49. The average molecular weight is 305 g/mol. The first kappa shape index (κ1) is 16.0. The minimum Gasteiger partial charge on any atom is -0.207 e. The van der Waals surface area contributed by atoms with Crippen molar-refractivity contribution in [1.82, 2.24) is 4.31 Å². The van der Waals surface area contributed by atoms with E-state index in [1.54, 1.807) is 24.3 Å². The molecule has 2 rings (SSSR count). The topological polar surface area (TPSA) is 37.4 Å². The molecule has 0 aromatic heterocycles. The van der Waals surface area contributed by atoms with Gasteiger partial charge >= 0.3 is 0 Å². The monoisotopic (exact) mass is 305 g/mol. The Morgan fingerprint density at radius 1 is 1.24 bits per heavy atom. The number of allylic oxidation sites excluding steroid dienone is 1. The van der Waals surface area contributed by atoms with Crippen molar-refractivity contribution in [2.45, 2.75) is 31.6 Å². The molecule has 1 fully saturated rings. The van der Waals surface area contributed by atoms with Gasteiger partial charge in [-0.25, -0.2) is 8.42 Å². The summed E-state index contributed by atoms with van der Waals surface area (Å²) in [5, 5.41) is 0. The van der Waals surface area contributed by atoms with Crippen LogP contribution >= 0.6 is 0 Å². The highest BCUT2D eigenvalue weighted by Crippen LogP contribution is 2.27. The maximum Gasteiger partial charge on any atom is 0.243 e. The van der Waals surface area contributed by atoms with E-state index in [-0.39, 0.29) is 0 Å². The van der Waals surface area contributed by atoms with E-state index in [1.165, 1.54) is 4.31 Å². The minimum absolute atomic E-state index is 0.348. The second kappa shape index (κ2) is 6.58. The summed E-state index contributed by atoms with van der Waals surface area (Å²) in [4.78, 5) is 0.348. The number of hydrogen-bond donors (Lipinski definition) is 0. The molecule has 0 unspecified atom stereocenters. The lowest BCUT2D eigenvalue weighted by atomic mass is 10.0. The van der Waals surface area contributed by atoms with Gasteiger partial charge < -0.3 is 0 Å². The summed E-state index contributed by atoms with van der Waals surface area (Å²) < 4.78 is 26.6. The van der Waals surface area contributed by atoms with Crippen LogP contribution in [-0.2, 0) is 10.0 Å². The van der Waals surface area contributed by atoms with Crippen LogP contribution in [0.1, 0.15) is 26.7 Å². The van der Waals surface area contributed by atoms with Crippen molar-refractivity contribution in [3.05, 3.63) is 54.1 Å². The minimum atomic E-state index is -3.41.